The van der Waals surface area contributed by atoms with Crippen LogP contribution in [0.3, 0.4) is 0 Å². The van der Waals surface area contributed by atoms with Crippen molar-refractivity contribution in [3.8, 4) is 0 Å². The summed E-state index contributed by atoms with van der Waals surface area (Å²) >= 11 is 4.95. The van der Waals surface area contributed by atoms with Crippen LogP contribution >= 0.6 is 27.7 Å². The lowest BCUT2D eigenvalue weighted by atomic mass is 10.2. The molecule has 0 spiro atoms. The molecule has 0 atom stereocenters. The first-order valence-electron chi connectivity index (χ1n) is 5.70. The van der Waals surface area contributed by atoms with Crippen molar-refractivity contribution >= 4 is 27.7 Å². The van der Waals surface area contributed by atoms with E-state index in [0.29, 0.717) is 5.75 Å². The Morgan fingerprint density at radius 1 is 1.11 bits per heavy atom. The second-order valence-electron chi connectivity index (χ2n) is 4.29. The average Bonchev–Trinajstić information content (AvgIpc) is 2.32. The summed E-state index contributed by atoms with van der Waals surface area (Å²) in [6, 6.07) is 11.6. The minimum atomic E-state index is -0.151. The van der Waals surface area contributed by atoms with Crippen molar-refractivity contribution in [1.29, 1.82) is 0 Å². The van der Waals surface area contributed by atoms with E-state index in [2.05, 4.69) is 48.0 Å². The Labute approximate surface area is 120 Å². The molecule has 18 heavy (non-hydrogen) atoms. The second kappa shape index (κ2) is 5.89. The highest BCUT2D eigenvalue weighted by atomic mass is 79.9. The zero-order valence-corrected chi connectivity index (χ0v) is 12.7. The maximum Gasteiger partial charge on any atom is 0.128 e. The summed E-state index contributed by atoms with van der Waals surface area (Å²) in [6.45, 7) is 4.16. The van der Waals surface area contributed by atoms with E-state index in [1.54, 1.807) is 11.8 Å². The largest absolute Gasteiger partial charge is 0.207 e. The first kappa shape index (κ1) is 13.6. The summed E-state index contributed by atoms with van der Waals surface area (Å²) in [5, 5.41) is 0. The van der Waals surface area contributed by atoms with Crippen molar-refractivity contribution in [3.63, 3.8) is 0 Å². The summed E-state index contributed by atoms with van der Waals surface area (Å²) < 4.78 is 14.5. The Bertz CT molecular complexity index is 566. The normalized spacial score (nSPS) is 10.7. The first-order chi connectivity index (χ1) is 8.56. The van der Waals surface area contributed by atoms with Gasteiger partial charge in [0.1, 0.15) is 5.82 Å². The number of thioether (sulfide) groups is 1. The molecule has 0 aromatic heterocycles. The number of hydrogen-bond acceptors (Lipinski definition) is 1. The fourth-order valence-corrected chi connectivity index (χ4v) is 3.10. The van der Waals surface area contributed by atoms with E-state index in [0.717, 1.165) is 10.0 Å². The molecule has 0 amide bonds. The topological polar surface area (TPSA) is 0 Å². The second-order valence-corrected chi connectivity index (χ2v) is 6.23. The lowest BCUT2D eigenvalue weighted by molar-refractivity contribution is 0.616. The van der Waals surface area contributed by atoms with Crippen LogP contribution in [-0.4, -0.2) is 0 Å². The molecule has 0 radical (unpaired) electrons. The van der Waals surface area contributed by atoms with Crippen LogP contribution in [0, 0.1) is 19.7 Å². The molecule has 0 aliphatic heterocycles. The van der Waals surface area contributed by atoms with E-state index in [1.165, 1.54) is 22.1 Å². The quantitative estimate of drug-likeness (QED) is 0.672. The van der Waals surface area contributed by atoms with Crippen LogP contribution in [0.5, 0.6) is 0 Å². The van der Waals surface area contributed by atoms with Crippen molar-refractivity contribution in [1.82, 2.24) is 0 Å². The number of rotatable bonds is 3. The Morgan fingerprint density at radius 3 is 2.61 bits per heavy atom. The predicted molar refractivity (Wildman–Crippen MR) is 79.6 cm³/mol. The van der Waals surface area contributed by atoms with Crippen LogP contribution in [0.25, 0.3) is 0 Å². The molecule has 0 fully saturated rings. The number of benzene rings is 2. The molecule has 0 unspecified atom stereocenters. The molecule has 3 heteroatoms. The molecule has 0 aliphatic rings. The Morgan fingerprint density at radius 2 is 1.89 bits per heavy atom. The molecule has 0 saturated carbocycles. The van der Waals surface area contributed by atoms with Crippen LogP contribution in [0.15, 0.2) is 45.8 Å². The van der Waals surface area contributed by atoms with Crippen molar-refractivity contribution in [2.75, 3.05) is 0 Å². The van der Waals surface area contributed by atoms with Crippen molar-refractivity contribution < 1.29 is 4.39 Å². The predicted octanol–water partition coefficient (Wildman–Crippen LogP) is 5.50. The van der Waals surface area contributed by atoms with E-state index in [1.807, 2.05) is 12.1 Å². The highest BCUT2D eigenvalue weighted by Gasteiger charge is 2.05. The molecule has 94 valence electrons. The van der Waals surface area contributed by atoms with E-state index in [4.69, 9.17) is 0 Å². The Hall–Kier alpha value is -0.800. The van der Waals surface area contributed by atoms with Crippen molar-refractivity contribution in [3.05, 3.63) is 63.4 Å². The Balaban J connectivity index is 2.13. The van der Waals surface area contributed by atoms with Crippen LogP contribution in [0.2, 0.25) is 0 Å². The fourth-order valence-electron chi connectivity index (χ4n) is 1.66. The molecule has 2 aromatic carbocycles. The number of hydrogen-bond donors (Lipinski definition) is 0. The van der Waals surface area contributed by atoms with Crippen LogP contribution < -0.4 is 0 Å². The summed E-state index contributed by atoms with van der Waals surface area (Å²) in [5.74, 6) is 0.505. The van der Waals surface area contributed by atoms with E-state index in [9.17, 15) is 4.39 Å². The smallest absolute Gasteiger partial charge is 0.128 e. The molecule has 0 N–H and O–H groups in total. The van der Waals surface area contributed by atoms with E-state index >= 15 is 0 Å². The molecule has 2 aromatic rings. The van der Waals surface area contributed by atoms with Crippen LogP contribution in [0.4, 0.5) is 4.39 Å². The molecule has 0 aliphatic carbocycles. The van der Waals surface area contributed by atoms with Gasteiger partial charge in [0, 0.05) is 15.1 Å². The highest BCUT2D eigenvalue weighted by Crippen LogP contribution is 2.28. The monoisotopic (exact) mass is 324 g/mol. The van der Waals surface area contributed by atoms with Gasteiger partial charge in [0.05, 0.1) is 0 Å². The standard InChI is InChI=1S/C15H14BrFS/c1-10-3-4-11(2)15(7-10)18-9-12-5-6-13(16)8-14(12)17/h3-8H,9H2,1-2H3. The highest BCUT2D eigenvalue weighted by molar-refractivity contribution is 9.10. The van der Waals surface area contributed by atoms with Gasteiger partial charge in [0.15, 0.2) is 0 Å². The van der Waals surface area contributed by atoms with E-state index in [-0.39, 0.29) is 5.82 Å². The van der Waals surface area contributed by atoms with Gasteiger partial charge in [-0.05, 0) is 43.2 Å². The molecule has 0 nitrogen and oxygen atoms in total. The lowest BCUT2D eigenvalue weighted by Gasteiger charge is -2.07. The maximum atomic E-state index is 13.7. The molecule has 2 rings (SSSR count). The van der Waals surface area contributed by atoms with Gasteiger partial charge in [-0.1, -0.05) is 39.7 Å². The molecular formula is C15H14BrFS. The molecule has 0 saturated heterocycles. The third kappa shape index (κ3) is 3.36. The van der Waals surface area contributed by atoms with Gasteiger partial charge >= 0.3 is 0 Å². The first-order valence-corrected chi connectivity index (χ1v) is 7.48. The summed E-state index contributed by atoms with van der Waals surface area (Å²) in [7, 11) is 0. The molecule has 0 bridgehead atoms. The average molecular weight is 325 g/mol. The van der Waals surface area contributed by atoms with Crippen molar-refractivity contribution in [2.24, 2.45) is 0 Å². The van der Waals surface area contributed by atoms with E-state index < -0.39 is 0 Å². The minimum absolute atomic E-state index is 0.151. The maximum absolute atomic E-state index is 13.7. The van der Waals surface area contributed by atoms with Gasteiger partial charge in [-0.25, -0.2) is 4.39 Å². The van der Waals surface area contributed by atoms with Gasteiger partial charge in [0.25, 0.3) is 0 Å². The summed E-state index contributed by atoms with van der Waals surface area (Å²) in [4.78, 5) is 1.22. The third-order valence-corrected chi connectivity index (χ3v) is 4.44. The SMILES string of the molecule is Cc1ccc(C)c(SCc2ccc(Br)cc2F)c1. The number of aryl methyl sites for hydroxylation is 2. The summed E-state index contributed by atoms with van der Waals surface area (Å²) in [5.41, 5.74) is 3.21. The Kier molecular flexibility index (Phi) is 4.46. The van der Waals surface area contributed by atoms with Gasteiger partial charge in [-0.3, -0.25) is 0 Å². The zero-order valence-electron chi connectivity index (χ0n) is 10.3. The van der Waals surface area contributed by atoms with Crippen LogP contribution in [-0.2, 0) is 5.75 Å². The van der Waals surface area contributed by atoms with Crippen LogP contribution in [0.1, 0.15) is 16.7 Å². The number of halogens is 2. The van der Waals surface area contributed by atoms with Gasteiger partial charge in [-0.2, -0.15) is 0 Å². The van der Waals surface area contributed by atoms with Gasteiger partial charge in [0.2, 0.25) is 0 Å². The lowest BCUT2D eigenvalue weighted by Crippen LogP contribution is -1.89. The fraction of sp³-hybridized carbons (Fsp3) is 0.200. The molecular weight excluding hydrogens is 311 g/mol. The minimum Gasteiger partial charge on any atom is -0.207 e. The molecule has 0 heterocycles. The zero-order chi connectivity index (χ0) is 13.1. The van der Waals surface area contributed by atoms with Crippen molar-refractivity contribution in [2.45, 2.75) is 24.5 Å². The third-order valence-electron chi connectivity index (χ3n) is 2.74. The van der Waals surface area contributed by atoms with Gasteiger partial charge < -0.3 is 0 Å². The summed E-state index contributed by atoms with van der Waals surface area (Å²) in [6.07, 6.45) is 0. The van der Waals surface area contributed by atoms with Gasteiger partial charge in [-0.15, -0.1) is 11.8 Å².